The maximum absolute atomic E-state index is 11.9. The molecule has 2 rings (SSSR count). The average Bonchev–Trinajstić information content (AvgIpc) is 2.97. The fourth-order valence-electron chi connectivity index (χ4n) is 2.47. The van der Waals surface area contributed by atoms with Gasteiger partial charge in [-0.05, 0) is 12.8 Å². The van der Waals surface area contributed by atoms with Gasteiger partial charge < -0.3 is 10.6 Å². The monoisotopic (exact) mass is 324 g/mol. The van der Waals surface area contributed by atoms with E-state index in [4.69, 9.17) is 0 Å². The Balaban J connectivity index is 1.74. The van der Waals surface area contributed by atoms with E-state index < -0.39 is 4.92 Å². The van der Waals surface area contributed by atoms with Crippen molar-refractivity contribution in [1.29, 1.82) is 0 Å². The predicted molar refractivity (Wildman–Crippen MR) is 80.6 cm³/mol. The van der Waals surface area contributed by atoms with Crippen molar-refractivity contribution in [3.05, 3.63) is 22.5 Å². The number of aromatic nitrogens is 2. The lowest BCUT2D eigenvalue weighted by atomic mass is 10.1. The van der Waals surface area contributed by atoms with Crippen molar-refractivity contribution >= 4 is 17.5 Å². The first-order chi connectivity index (χ1) is 11.0. The zero-order chi connectivity index (χ0) is 16.8. The van der Waals surface area contributed by atoms with Gasteiger partial charge in [0.1, 0.15) is 18.9 Å². The molecule has 0 atom stereocenters. The molecule has 0 aromatic carbocycles. The van der Waals surface area contributed by atoms with E-state index in [1.165, 1.54) is 10.9 Å². The second-order valence-corrected chi connectivity index (χ2v) is 5.44. The molecule has 1 aromatic heterocycles. The molecule has 0 saturated carbocycles. The first-order valence-corrected chi connectivity index (χ1v) is 7.37. The number of nitrogens with zero attached hydrogens (tertiary/aromatic N) is 4. The molecule has 1 aromatic rings. The van der Waals surface area contributed by atoms with Gasteiger partial charge in [0.05, 0.1) is 11.5 Å². The minimum Gasteiger partial charge on any atom is -0.358 e. The van der Waals surface area contributed by atoms with Crippen LogP contribution in [0.25, 0.3) is 0 Å². The van der Waals surface area contributed by atoms with E-state index >= 15 is 0 Å². The zero-order valence-electron chi connectivity index (χ0n) is 12.9. The van der Waals surface area contributed by atoms with Crippen molar-refractivity contribution in [2.75, 3.05) is 26.7 Å². The number of nitro groups is 1. The predicted octanol–water partition coefficient (Wildman–Crippen LogP) is -0.882. The summed E-state index contributed by atoms with van der Waals surface area (Å²) in [7, 11) is 1.61. The van der Waals surface area contributed by atoms with Gasteiger partial charge in [-0.15, -0.1) is 0 Å². The molecule has 126 valence electrons. The lowest BCUT2D eigenvalue weighted by molar-refractivity contribution is -0.385. The molecule has 23 heavy (non-hydrogen) atoms. The number of rotatable bonds is 6. The van der Waals surface area contributed by atoms with Crippen molar-refractivity contribution in [3.8, 4) is 0 Å². The summed E-state index contributed by atoms with van der Waals surface area (Å²) >= 11 is 0. The molecule has 0 aliphatic carbocycles. The Hall–Kier alpha value is -2.49. The van der Waals surface area contributed by atoms with Crippen LogP contribution in [-0.4, -0.2) is 64.1 Å². The molecule has 1 aliphatic heterocycles. The first kappa shape index (κ1) is 16.9. The summed E-state index contributed by atoms with van der Waals surface area (Å²) in [4.78, 5) is 35.3. The number of nitrogens with one attached hydrogen (secondary N) is 2. The lowest BCUT2D eigenvalue weighted by Crippen LogP contribution is -2.47. The molecule has 10 heteroatoms. The standard InChI is InChI=1S/C13H20N6O4/c1-14-12(20)8-17-4-2-10(3-5-17)16-13(21)9-18-7-11(6-15-18)19(22)23/h6-7,10H,2-5,8-9H2,1H3,(H,14,20)(H,16,21). The summed E-state index contributed by atoms with van der Waals surface area (Å²) in [5, 5.41) is 19.8. The van der Waals surface area contributed by atoms with Gasteiger partial charge in [-0.2, -0.15) is 5.10 Å². The smallest absolute Gasteiger partial charge is 0.307 e. The van der Waals surface area contributed by atoms with Gasteiger partial charge in [-0.25, -0.2) is 0 Å². The molecule has 1 aliphatic rings. The maximum atomic E-state index is 11.9. The number of likely N-dealkylation sites (tertiary alicyclic amines) is 1. The van der Waals surface area contributed by atoms with Gasteiger partial charge in [0.2, 0.25) is 11.8 Å². The summed E-state index contributed by atoms with van der Waals surface area (Å²) in [6.45, 7) is 1.80. The number of carbonyl (C=O) groups excluding carboxylic acids is 2. The Morgan fingerprint density at radius 2 is 2.04 bits per heavy atom. The van der Waals surface area contributed by atoms with Crippen LogP contribution in [0, 0.1) is 10.1 Å². The van der Waals surface area contributed by atoms with Crippen molar-refractivity contribution in [2.45, 2.75) is 25.4 Å². The average molecular weight is 324 g/mol. The van der Waals surface area contributed by atoms with Gasteiger partial charge in [-0.3, -0.25) is 29.3 Å². The van der Waals surface area contributed by atoms with Crippen LogP contribution in [0.15, 0.2) is 12.4 Å². The van der Waals surface area contributed by atoms with Gasteiger partial charge in [0.25, 0.3) is 0 Å². The van der Waals surface area contributed by atoms with Crippen LogP contribution in [-0.2, 0) is 16.1 Å². The molecule has 0 bridgehead atoms. The number of amides is 2. The number of piperidine rings is 1. The summed E-state index contributed by atoms with van der Waals surface area (Å²) < 4.78 is 1.24. The number of hydrogen-bond donors (Lipinski definition) is 2. The molecule has 2 heterocycles. The van der Waals surface area contributed by atoms with E-state index in [9.17, 15) is 19.7 Å². The minimum atomic E-state index is -0.552. The molecule has 0 unspecified atom stereocenters. The van der Waals surface area contributed by atoms with Crippen molar-refractivity contribution in [1.82, 2.24) is 25.3 Å². The molecule has 0 radical (unpaired) electrons. The molecule has 0 spiro atoms. The summed E-state index contributed by atoms with van der Waals surface area (Å²) in [5.41, 5.74) is -0.139. The second-order valence-electron chi connectivity index (χ2n) is 5.44. The number of likely N-dealkylation sites (N-methyl/N-ethyl adjacent to an activating group) is 1. The highest BCUT2D eigenvalue weighted by molar-refractivity contribution is 5.77. The second kappa shape index (κ2) is 7.68. The fraction of sp³-hybridized carbons (Fsp3) is 0.615. The molecular formula is C13H20N6O4. The van der Waals surface area contributed by atoms with Crippen LogP contribution in [0.2, 0.25) is 0 Å². The highest BCUT2D eigenvalue weighted by atomic mass is 16.6. The molecule has 1 fully saturated rings. The molecule has 2 N–H and O–H groups in total. The Kier molecular flexibility index (Phi) is 5.63. The normalized spacial score (nSPS) is 16.0. The number of hydrogen-bond acceptors (Lipinski definition) is 6. The van der Waals surface area contributed by atoms with Crippen molar-refractivity contribution in [2.24, 2.45) is 0 Å². The molecular weight excluding hydrogens is 304 g/mol. The van der Waals surface area contributed by atoms with E-state index in [0.717, 1.165) is 32.1 Å². The van der Waals surface area contributed by atoms with Crippen LogP contribution in [0.1, 0.15) is 12.8 Å². The highest BCUT2D eigenvalue weighted by Crippen LogP contribution is 2.10. The van der Waals surface area contributed by atoms with E-state index in [1.54, 1.807) is 7.05 Å². The van der Waals surface area contributed by atoms with E-state index in [2.05, 4.69) is 15.7 Å². The number of carbonyl (C=O) groups is 2. The fourth-order valence-corrected chi connectivity index (χ4v) is 2.47. The van der Waals surface area contributed by atoms with Crippen LogP contribution in [0.5, 0.6) is 0 Å². The van der Waals surface area contributed by atoms with E-state index in [1.807, 2.05) is 4.90 Å². The minimum absolute atomic E-state index is 0.0206. The van der Waals surface area contributed by atoms with Crippen LogP contribution in [0.4, 0.5) is 5.69 Å². The molecule has 1 saturated heterocycles. The molecule has 10 nitrogen and oxygen atoms in total. The van der Waals surface area contributed by atoms with Gasteiger partial charge in [0.15, 0.2) is 0 Å². The van der Waals surface area contributed by atoms with Crippen LogP contribution < -0.4 is 10.6 Å². The third kappa shape index (κ3) is 5.02. The topological polar surface area (TPSA) is 122 Å². The van der Waals surface area contributed by atoms with Gasteiger partial charge in [0, 0.05) is 26.2 Å². The quantitative estimate of drug-likeness (QED) is 0.517. The Labute approximate surface area is 133 Å². The zero-order valence-corrected chi connectivity index (χ0v) is 12.9. The van der Waals surface area contributed by atoms with Crippen LogP contribution >= 0.6 is 0 Å². The van der Waals surface area contributed by atoms with E-state index in [0.29, 0.717) is 6.54 Å². The van der Waals surface area contributed by atoms with E-state index in [-0.39, 0.29) is 30.1 Å². The Bertz CT molecular complexity index is 579. The van der Waals surface area contributed by atoms with Crippen molar-refractivity contribution in [3.63, 3.8) is 0 Å². The first-order valence-electron chi connectivity index (χ1n) is 7.37. The third-order valence-corrected chi connectivity index (χ3v) is 3.73. The van der Waals surface area contributed by atoms with Crippen LogP contribution in [0.3, 0.4) is 0 Å². The molecule has 2 amide bonds. The Morgan fingerprint density at radius 3 is 2.61 bits per heavy atom. The lowest BCUT2D eigenvalue weighted by Gasteiger charge is -2.31. The summed E-state index contributed by atoms with van der Waals surface area (Å²) in [5.74, 6) is -0.250. The van der Waals surface area contributed by atoms with Gasteiger partial charge in [-0.1, -0.05) is 0 Å². The Morgan fingerprint density at radius 1 is 1.35 bits per heavy atom. The van der Waals surface area contributed by atoms with Gasteiger partial charge >= 0.3 is 5.69 Å². The third-order valence-electron chi connectivity index (χ3n) is 3.73. The van der Waals surface area contributed by atoms with Crippen molar-refractivity contribution < 1.29 is 14.5 Å². The highest BCUT2D eigenvalue weighted by Gasteiger charge is 2.22. The largest absolute Gasteiger partial charge is 0.358 e. The maximum Gasteiger partial charge on any atom is 0.307 e. The summed E-state index contributed by atoms with van der Waals surface area (Å²) in [6, 6.07) is 0.0500. The summed E-state index contributed by atoms with van der Waals surface area (Å²) in [6.07, 6.45) is 3.88. The SMILES string of the molecule is CNC(=O)CN1CCC(NC(=O)Cn2cc([N+](=O)[O-])cn2)CC1.